The lowest BCUT2D eigenvalue weighted by atomic mass is 10.2. The zero-order chi connectivity index (χ0) is 13.0. The standard InChI is InChI=1S/C14H18O4/c1-2-9-17-11-5-7-12(8-6-11)18-13(14(15)16)10-3-4-10/h5-8,10,13H,2-4,9H2,1H3,(H,15,16). The highest BCUT2D eigenvalue weighted by molar-refractivity contribution is 5.73. The normalized spacial score (nSPS) is 16.1. The van der Waals surface area contributed by atoms with Crippen molar-refractivity contribution in [1.82, 2.24) is 0 Å². The van der Waals surface area contributed by atoms with Gasteiger partial charge in [0.1, 0.15) is 11.5 Å². The molecule has 2 rings (SSSR count). The van der Waals surface area contributed by atoms with Crippen LogP contribution < -0.4 is 9.47 Å². The van der Waals surface area contributed by atoms with Gasteiger partial charge in [-0.05, 0) is 43.5 Å². The highest BCUT2D eigenvalue weighted by Gasteiger charge is 2.38. The molecule has 0 aromatic heterocycles. The minimum atomic E-state index is -0.885. The Morgan fingerprint density at radius 2 is 1.94 bits per heavy atom. The van der Waals surface area contributed by atoms with Crippen molar-refractivity contribution in [2.75, 3.05) is 6.61 Å². The minimum Gasteiger partial charge on any atom is -0.494 e. The van der Waals surface area contributed by atoms with Crippen molar-refractivity contribution in [2.24, 2.45) is 5.92 Å². The Kier molecular flexibility index (Phi) is 4.07. The molecule has 1 aromatic carbocycles. The first kappa shape index (κ1) is 12.7. The summed E-state index contributed by atoms with van der Waals surface area (Å²) in [4.78, 5) is 11.0. The highest BCUT2D eigenvalue weighted by Crippen LogP contribution is 2.35. The van der Waals surface area contributed by atoms with Gasteiger partial charge in [0, 0.05) is 5.92 Å². The molecule has 0 saturated heterocycles. The molecule has 1 fully saturated rings. The molecule has 0 bridgehead atoms. The summed E-state index contributed by atoms with van der Waals surface area (Å²) in [6, 6.07) is 7.11. The van der Waals surface area contributed by atoms with Gasteiger partial charge in [-0.15, -0.1) is 0 Å². The number of carbonyl (C=O) groups is 1. The van der Waals surface area contributed by atoms with Crippen molar-refractivity contribution in [2.45, 2.75) is 32.3 Å². The van der Waals surface area contributed by atoms with E-state index in [1.165, 1.54) is 0 Å². The minimum absolute atomic E-state index is 0.165. The zero-order valence-electron chi connectivity index (χ0n) is 10.5. The van der Waals surface area contributed by atoms with E-state index < -0.39 is 12.1 Å². The molecule has 1 N–H and O–H groups in total. The van der Waals surface area contributed by atoms with Crippen LogP contribution in [0.2, 0.25) is 0 Å². The third-order valence-corrected chi connectivity index (χ3v) is 2.85. The van der Waals surface area contributed by atoms with Crippen molar-refractivity contribution >= 4 is 5.97 Å². The summed E-state index contributed by atoms with van der Waals surface area (Å²) in [5.74, 6) is 0.642. The van der Waals surface area contributed by atoms with Gasteiger partial charge in [0.15, 0.2) is 6.10 Å². The van der Waals surface area contributed by atoms with Crippen LogP contribution in [0, 0.1) is 5.92 Å². The average molecular weight is 250 g/mol. The number of hydrogen-bond acceptors (Lipinski definition) is 3. The van der Waals surface area contributed by atoms with E-state index in [9.17, 15) is 4.79 Å². The lowest BCUT2D eigenvalue weighted by molar-refractivity contribution is -0.146. The van der Waals surface area contributed by atoms with Crippen molar-refractivity contribution < 1.29 is 19.4 Å². The van der Waals surface area contributed by atoms with Gasteiger partial charge in [-0.1, -0.05) is 6.92 Å². The van der Waals surface area contributed by atoms with Crippen molar-refractivity contribution in [3.8, 4) is 11.5 Å². The summed E-state index contributed by atoms with van der Waals surface area (Å²) in [5, 5.41) is 9.07. The fourth-order valence-electron chi connectivity index (χ4n) is 1.73. The molecular formula is C14H18O4. The van der Waals surface area contributed by atoms with Crippen LogP contribution in [-0.4, -0.2) is 23.8 Å². The first-order valence-corrected chi connectivity index (χ1v) is 6.33. The summed E-state index contributed by atoms with van der Waals surface area (Å²) in [6.45, 7) is 2.73. The van der Waals surface area contributed by atoms with E-state index >= 15 is 0 Å². The molecular weight excluding hydrogens is 232 g/mol. The molecule has 0 aliphatic heterocycles. The summed E-state index contributed by atoms with van der Waals surface area (Å²) >= 11 is 0. The molecule has 0 spiro atoms. The second-order valence-electron chi connectivity index (χ2n) is 4.53. The van der Waals surface area contributed by atoms with Crippen molar-refractivity contribution in [3.05, 3.63) is 24.3 Å². The lowest BCUT2D eigenvalue weighted by Crippen LogP contribution is -2.29. The van der Waals surface area contributed by atoms with Crippen LogP contribution >= 0.6 is 0 Å². The molecule has 98 valence electrons. The second kappa shape index (κ2) is 5.76. The van der Waals surface area contributed by atoms with Crippen LogP contribution in [0.5, 0.6) is 11.5 Å². The number of benzene rings is 1. The first-order valence-electron chi connectivity index (χ1n) is 6.33. The Morgan fingerprint density at radius 3 is 2.44 bits per heavy atom. The SMILES string of the molecule is CCCOc1ccc(OC(C(=O)O)C2CC2)cc1. The smallest absolute Gasteiger partial charge is 0.345 e. The van der Waals surface area contributed by atoms with Crippen molar-refractivity contribution in [3.63, 3.8) is 0 Å². The molecule has 1 aliphatic carbocycles. The number of hydrogen-bond donors (Lipinski definition) is 1. The van der Waals surface area contributed by atoms with Crippen LogP contribution in [0.25, 0.3) is 0 Å². The second-order valence-corrected chi connectivity index (χ2v) is 4.53. The maximum absolute atomic E-state index is 11.0. The van der Waals surface area contributed by atoms with E-state index in [-0.39, 0.29) is 5.92 Å². The predicted molar refractivity (Wildman–Crippen MR) is 67.0 cm³/mol. The maximum Gasteiger partial charge on any atom is 0.345 e. The lowest BCUT2D eigenvalue weighted by Gasteiger charge is -2.14. The number of rotatable bonds is 7. The summed E-state index contributed by atoms with van der Waals surface area (Å²) in [5.41, 5.74) is 0. The number of carboxylic acid groups (broad SMARTS) is 1. The van der Waals surface area contributed by atoms with E-state index in [1.54, 1.807) is 24.3 Å². The predicted octanol–water partition coefficient (Wildman–Crippen LogP) is 2.72. The molecule has 1 aliphatic rings. The summed E-state index contributed by atoms with van der Waals surface area (Å²) < 4.78 is 11.0. The van der Waals surface area contributed by atoms with Crippen LogP contribution in [0.1, 0.15) is 26.2 Å². The van der Waals surface area contributed by atoms with E-state index in [4.69, 9.17) is 14.6 Å². The Bertz CT molecular complexity index is 395. The van der Waals surface area contributed by atoms with Gasteiger partial charge < -0.3 is 14.6 Å². The molecule has 4 nitrogen and oxygen atoms in total. The topological polar surface area (TPSA) is 55.8 Å². The Hall–Kier alpha value is -1.71. The molecule has 1 saturated carbocycles. The van der Waals surface area contributed by atoms with Gasteiger partial charge in [0.25, 0.3) is 0 Å². The average Bonchev–Trinajstić information content (AvgIpc) is 3.18. The van der Waals surface area contributed by atoms with Crippen LogP contribution in [-0.2, 0) is 4.79 Å². The number of aliphatic carboxylic acids is 1. The van der Waals surface area contributed by atoms with E-state index in [0.717, 1.165) is 25.0 Å². The van der Waals surface area contributed by atoms with Gasteiger partial charge in [-0.25, -0.2) is 4.79 Å². The van der Waals surface area contributed by atoms with Gasteiger partial charge in [0.2, 0.25) is 0 Å². The summed E-state index contributed by atoms with van der Waals surface area (Å²) in [7, 11) is 0. The third kappa shape index (κ3) is 3.39. The molecule has 0 amide bonds. The van der Waals surface area contributed by atoms with Crippen LogP contribution in [0.3, 0.4) is 0 Å². The molecule has 1 atom stereocenters. The fourth-order valence-corrected chi connectivity index (χ4v) is 1.73. The third-order valence-electron chi connectivity index (χ3n) is 2.85. The van der Waals surface area contributed by atoms with Gasteiger partial charge in [0.05, 0.1) is 6.61 Å². The zero-order valence-corrected chi connectivity index (χ0v) is 10.5. The van der Waals surface area contributed by atoms with Gasteiger partial charge in [-0.3, -0.25) is 0 Å². The fraction of sp³-hybridized carbons (Fsp3) is 0.500. The van der Waals surface area contributed by atoms with E-state index in [1.807, 2.05) is 6.92 Å². The van der Waals surface area contributed by atoms with E-state index in [2.05, 4.69) is 0 Å². The van der Waals surface area contributed by atoms with Crippen molar-refractivity contribution in [1.29, 1.82) is 0 Å². The molecule has 0 radical (unpaired) electrons. The largest absolute Gasteiger partial charge is 0.494 e. The molecule has 4 heteroatoms. The Labute approximate surface area is 107 Å². The quantitative estimate of drug-likeness (QED) is 0.808. The monoisotopic (exact) mass is 250 g/mol. The Balaban J connectivity index is 1.94. The first-order chi connectivity index (χ1) is 8.70. The highest BCUT2D eigenvalue weighted by atomic mass is 16.5. The van der Waals surface area contributed by atoms with Gasteiger partial charge in [-0.2, -0.15) is 0 Å². The molecule has 1 aromatic rings. The number of carboxylic acids is 1. The Morgan fingerprint density at radius 1 is 1.33 bits per heavy atom. The van der Waals surface area contributed by atoms with Crippen LogP contribution in [0.4, 0.5) is 0 Å². The summed E-state index contributed by atoms with van der Waals surface area (Å²) in [6.07, 6.45) is 2.12. The molecule has 18 heavy (non-hydrogen) atoms. The number of ether oxygens (including phenoxy) is 2. The van der Waals surface area contributed by atoms with E-state index in [0.29, 0.717) is 12.4 Å². The van der Waals surface area contributed by atoms with Crippen LogP contribution in [0.15, 0.2) is 24.3 Å². The van der Waals surface area contributed by atoms with Gasteiger partial charge >= 0.3 is 5.97 Å². The molecule has 0 heterocycles. The molecule has 1 unspecified atom stereocenters. The maximum atomic E-state index is 11.0.